The SMILES string of the molecule is CCCCCCCCCCCCCCCCCCCCCCCCC(=O)O[C@H](COC(=O)CCCCCCCCCCCCCCC(C)C)COP(=O)(O)OC[C@@H](O)COP(=O)(O)OC[C@@H](COC(=O)CCCCCCCCC)OC(=O)CCCCCCCCCCCCCCCC. The quantitative estimate of drug-likeness (QED) is 0.0222. The predicted molar refractivity (Wildman–Crippen MR) is 400 cm³/mol. The molecule has 0 bridgehead atoms. The minimum absolute atomic E-state index is 0.108. The van der Waals surface area contributed by atoms with E-state index in [9.17, 15) is 43.2 Å². The van der Waals surface area contributed by atoms with E-state index in [0.717, 1.165) is 109 Å². The number of esters is 4. The molecule has 0 aliphatic rings. The van der Waals surface area contributed by atoms with Crippen molar-refractivity contribution in [3.63, 3.8) is 0 Å². The Balaban J connectivity index is 5.15. The van der Waals surface area contributed by atoms with Crippen molar-refractivity contribution in [3.8, 4) is 0 Å². The summed E-state index contributed by atoms with van der Waals surface area (Å²) in [6, 6.07) is 0. The zero-order valence-electron chi connectivity index (χ0n) is 63.9. The van der Waals surface area contributed by atoms with Crippen LogP contribution in [0.15, 0.2) is 0 Å². The fourth-order valence-corrected chi connectivity index (χ4v) is 13.8. The molecule has 0 saturated carbocycles. The van der Waals surface area contributed by atoms with Crippen molar-refractivity contribution < 1.29 is 80.2 Å². The Labute approximate surface area is 600 Å². The lowest BCUT2D eigenvalue weighted by Gasteiger charge is -2.21. The van der Waals surface area contributed by atoms with E-state index in [1.807, 2.05) is 0 Å². The number of unbranched alkanes of at least 4 members (excludes halogenated alkanes) is 51. The maximum atomic E-state index is 13.1. The Bertz CT molecular complexity index is 1870. The van der Waals surface area contributed by atoms with Crippen molar-refractivity contribution in [3.05, 3.63) is 0 Å². The molecule has 2 unspecified atom stereocenters. The molecule has 0 aromatic carbocycles. The van der Waals surface area contributed by atoms with Crippen molar-refractivity contribution >= 4 is 39.5 Å². The molecule has 5 atom stereocenters. The molecule has 0 aromatic rings. The summed E-state index contributed by atoms with van der Waals surface area (Å²) in [5, 5.41) is 10.6. The van der Waals surface area contributed by atoms with E-state index in [2.05, 4.69) is 34.6 Å². The van der Waals surface area contributed by atoms with E-state index < -0.39 is 97.5 Å². The molecule has 0 rings (SSSR count). The minimum atomic E-state index is -4.96. The molecule has 0 heterocycles. The summed E-state index contributed by atoms with van der Waals surface area (Å²) in [5.74, 6) is -1.33. The Morgan fingerprint density at radius 2 is 0.469 bits per heavy atom. The average molecular weight is 1440 g/mol. The van der Waals surface area contributed by atoms with Crippen molar-refractivity contribution in [2.24, 2.45) is 5.92 Å². The van der Waals surface area contributed by atoms with Gasteiger partial charge >= 0.3 is 39.5 Å². The van der Waals surface area contributed by atoms with Gasteiger partial charge in [-0.25, -0.2) is 9.13 Å². The van der Waals surface area contributed by atoms with Crippen LogP contribution < -0.4 is 0 Å². The monoisotopic (exact) mass is 1440 g/mol. The summed E-state index contributed by atoms with van der Waals surface area (Å²) in [5.41, 5.74) is 0. The van der Waals surface area contributed by atoms with Gasteiger partial charge in [0.25, 0.3) is 0 Å². The van der Waals surface area contributed by atoms with Gasteiger partial charge in [-0.3, -0.25) is 37.3 Å². The van der Waals surface area contributed by atoms with Crippen molar-refractivity contribution in [2.75, 3.05) is 39.6 Å². The molecule has 0 aliphatic heterocycles. The van der Waals surface area contributed by atoms with Gasteiger partial charge in [0.1, 0.15) is 19.3 Å². The minimum Gasteiger partial charge on any atom is -0.462 e. The Hall–Kier alpha value is -1.94. The summed E-state index contributed by atoms with van der Waals surface area (Å²) in [6.07, 6.45) is 62.7. The molecule has 0 radical (unpaired) electrons. The standard InChI is InChI=1S/C79H154O17P2/c1-6-9-12-15-18-20-22-24-26-27-28-29-30-31-32-33-35-41-45-50-55-60-65-79(84)96-75(69-90-77(82)63-58-53-48-43-39-37-36-38-42-47-51-56-61-72(4)5)71-94-98(87,88)92-67-73(80)66-91-97(85,86)93-70-74(68-89-76(81)62-57-52-46-17-14-11-8-3)95-78(83)64-59-54-49-44-40-34-25-23-21-19-16-13-10-7-2/h72-75,80H,6-71H2,1-5H3,(H,85,86)(H,87,88)/t73-,74+,75+/m0/s1. The van der Waals surface area contributed by atoms with E-state index in [-0.39, 0.29) is 25.7 Å². The molecule has 3 N–H and O–H groups in total. The largest absolute Gasteiger partial charge is 0.472 e. The molecule has 98 heavy (non-hydrogen) atoms. The number of carbonyl (C=O) groups is 4. The lowest BCUT2D eigenvalue weighted by molar-refractivity contribution is -0.161. The third kappa shape index (κ3) is 72.4. The van der Waals surface area contributed by atoms with E-state index >= 15 is 0 Å². The fourth-order valence-electron chi connectivity index (χ4n) is 12.2. The summed E-state index contributed by atoms with van der Waals surface area (Å²) >= 11 is 0. The summed E-state index contributed by atoms with van der Waals surface area (Å²) in [7, 11) is -9.91. The molecular weight excluding hydrogens is 1280 g/mol. The van der Waals surface area contributed by atoms with Crippen molar-refractivity contribution in [1.82, 2.24) is 0 Å². The lowest BCUT2D eigenvalue weighted by atomic mass is 10.0. The lowest BCUT2D eigenvalue weighted by Crippen LogP contribution is -2.30. The molecule has 582 valence electrons. The van der Waals surface area contributed by atoms with Crippen molar-refractivity contribution in [2.45, 2.75) is 438 Å². The number of carbonyl (C=O) groups excluding carboxylic acids is 4. The van der Waals surface area contributed by atoms with Gasteiger partial charge in [-0.1, -0.05) is 369 Å². The molecule has 0 spiro atoms. The Morgan fingerprint density at radius 1 is 0.276 bits per heavy atom. The average Bonchev–Trinajstić information content (AvgIpc) is 1.01. The summed E-state index contributed by atoms with van der Waals surface area (Å²) < 4.78 is 68.5. The number of rotatable bonds is 79. The van der Waals surface area contributed by atoms with Gasteiger partial charge < -0.3 is 33.8 Å². The van der Waals surface area contributed by atoms with Crippen LogP contribution in [-0.4, -0.2) is 96.7 Å². The smallest absolute Gasteiger partial charge is 0.462 e. The Kier molecular flexibility index (Phi) is 70.6. The van der Waals surface area contributed by atoms with Gasteiger partial charge in [-0.15, -0.1) is 0 Å². The van der Waals surface area contributed by atoms with Crippen LogP contribution in [0.25, 0.3) is 0 Å². The number of hydrogen-bond donors (Lipinski definition) is 3. The van der Waals surface area contributed by atoms with Gasteiger partial charge in [0.05, 0.1) is 26.4 Å². The number of aliphatic hydroxyl groups is 1. The van der Waals surface area contributed by atoms with Crippen LogP contribution in [0.2, 0.25) is 0 Å². The highest BCUT2D eigenvalue weighted by atomic mass is 31.2. The van der Waals surface area contributed by atoms with Crippen LogP contribution in [0.3, 0.4) is 0 Å². The molecule has 0 fully saturated rings. The highest BCUT2D eigenvalue weighted by molar-refractivity contribution is 7.47. The Morgan fingerprint density at radius 3 is 0.694 bits per heavy atom. The number of phosphoric ester groups is 2. The molecule has 0 aliphatic carbocycles. The highest BCUT2D eigenvalue weighted by Gasteiger charge is 2.30. The molecule has 0 aromatic heterocycles. The molecule has 0 saturated heterocycles. The van der Waals surface area contributed by atoms with Crippen LogP contribution in [-0.2, 0) is 65.4 Å². The zero-order chi connectivity index (χ0) is 71.9. The third-order valence-electron chi connectivity index (χ3n) is 18.5. The fraction of sp³-hybridized carbons (Fsp3) is 0.949. The first kappa shape index (κ1) is 96.1. The van der Waals surface area contributed by atoms with Crippen LogP contribution in [0, 0.1) is 5.92 Å². The van der Waals surface area contributed by atoms with Crippen LogP contribution in [0.1, 0.15) is 420 Å². The third-order valence-corrected chi connectivity index (χ3v) is 20.4. The molecular formula is C79H154O17P2. The first-order valence-electron chi connectivity index (χ1n) is 41.1. The van der Waals surface area contributed by atoms with Gasteiger partial charge in [0.15, 0.2) is 12.2 Å². The number of phosphoric acid groups is 2. The normalized spacial score (nSPS) is 13.9. The summed E-state index contributed by atoms with van der Waals surface area (Å²) in [4.78, 5) is 72.8. The van der Waals surface area contributed by atoms with E-state index in [1.54, 1.807) is 0 Å². The second-order valence-electron chi connectivity index (χ2n) is 28.9. The summed E-state index contributed by atoms with van der Waals surface area (Å²) in [6.45, 7) is 7.28. The van der Waals surface area contributed by atoms with Gasteiger partial charge in [0, 0.05) is 25.7 Å². The maximum Gasteiger partial charge on any atom is 0.472 e. The van der Waals surface area contributed by atoms with Gasteiger partial charge in [0.2, 0.25) is 0 Å². The first-order valence-corrected chi connectivity index (χ1v) is 44.1. The van der Waals surface area contributed by atoms with Crippen LogP contribution in [0.4, 0.5) is 0 Å². The zero-order valence-corrected chi connectivity index (χ0v) is 65.7. The highest BCUT2D eigenvalue weighted by Crippen LogP contribution is 2.45. The molecule has 0 amide bonds. The van der Waals surface area contributed by atoms with E-state index in [4.69, 9.17) is 37.0 Å². The molecule has 19 heteroatoms. The van der Waals surface area contributed by atoms with Crippen LogP contribution >= 0.6 is 15.6 Å². The first-order chi connectivity index (χ1) is 47.5. The number of aliphatic hydroxyl groups excluding tert-OH is 1. The maximum absolute atomic E-state index is 13.1. The number of ether oxygens (including phenoxy) is 4. The topological polar surface area (TPSA) is 237 Å². The second-order valence-corrected chi connectivity index (χ2v) is 31.8. The molecule has 17 nitrogen and oxygen atoms in total. The van der Waals surface area contributed by atoms with Gasteiger partial charge in [-0.2, -0.15) is 0 Å². The van der Waals surface area contributed by atoms with Crippen LogP contribution in [0.5, 0.6) is 0 Å². The van der Waals surface area contributed by atoms with E-state index in [0.29, 0.717) is 25.7 Å². The number of hydrogen-bond acceptors (Lipinski definition) is 15. The van der Waals surface area contributed by atoms with E-state index in [1.165, 1.54) is 231 Å². The predicted octanol–water partition coefficient (Wildman–Crippen LogP) is 23.6. The van der Waals surface area contributed by atoms with Crippen molar-refractivity contribution in [1.29, 1.82) is 0 Å². The second kappa shape index (κ2) is 72.0. The van der Waals surface area contributed by atoms with Gasteiger partial charge in [-0.05, 0) is 31.6 Å².